The molecule has 1 amide bonds. The number of nitrogens with zero attached hydrogens (tertiary/aromatic N) is 3. The summed E-state index contributed by atoms with van der Waals surface area (Å²) in [5, 5.41) is 16.6. The molecule has 2 aromatic carbocycles. The van der Waals surface area contributed by atoms with E-state index in [-0.39, 0.29) is 12.5 Å². The van der Waals surface area contributed by atoms with E-state index in [0.717, 1.165) is 10.5 Å². The molecule has 3 N–H and O–H groups in total. The first-order valence-electron chi connectivity index (χ1n) is 8.58. The van der Waals surface area contributed by atoms with Crippen molar-refractivity contribution in [1.82, 2.24) is 20.2 Å². The third-order valence-electron chi connectivity index (χ3n) is 4.62. The molecule has 4 rings (SSSR count). The lowest BCUT2D eigenvalue weighted by molar-refractivity contribution is 0.202. The topological polar surface area (TPSA) is 115 Å². The Morgan fingerprint density at radius 3 is 2.75 bits per heavy atom. The number of amides is 1. The Balaban J connectivity index is 1.95. The largest absolute Gasteiger partial charge is 0.465 e. The van der Waals surface area contributed by atoms with Gasteiger partial charge in [0.2, 0.25) is 5.95 Å². The summed E-state index contributed by atoms with van der Waals surface area (Å²) >= 11 is 0. The minimum atomic E-state index is -1.11. The first kappa shape index (κ1) is 17.7. The molecule has 8 nitrogen and oxygen atoms in total. The highest BCUT2D eigenvalue weighted by atomic mass is 19.1. The second-order valence-corrected chi connectivity index (χ2v) is 6.36. The molecule has 28 heavy (non-hydrogen) atoms. The zero-order valence-electron chi connectivity index (χ0n) is 15.1. The number of anilines is 1. The number of carboxylic acid groups (broad SMARTS) is 1. The van der Waals surface area contributed by atoms with Gasteiger partial charge in [-0.1, -0.05) is 0 Å². The van der Waals surface area contributed by atoms with Gasteiger partial charge >= 0.3 is 6.09 Å². The number of imidazole rings is 1. The Labute approximate surface area is 157 Å². The van der Waals surface area contributed by atoms with E-state index in [2.05, 4.69) is 20.2 Å². The van der Waals surface area contributed by atoms with Gasteiger partial charge < -0.3 is 10.1 Å². The average Bonchev–Trinajstić information content (AvgIpc) is 3.04. The van der Waals surface area contributed by atoms with Crippen LogP contribution in [0.1, 0.15) is 12.5 Å². The van der Waals surface area contributed by atoms with Crippen molar-refractivity contribution in [3.8, 4) is 11.3 Å². The molecular weight excluding hydrogens is 365 g/mol. The average molecular weight is 381 g/mol. The SMILES string of the molecule is CCN(C(=O)O)c1nc2cc(-c3n[nH]c(=O)c4ccc(F)cc34)c(C)cc2[nH]1. The summed E-state index contributed by atoms with van der Waals surface area (Å²) in [7, 11) is 0. The minimum absolute atomic E-state index is 0.215. The predicted octanol–water partition coefficient (Wildman–Crippen LogP) is 3.42. The van der Waals surface area contributed by atoms with Crippen molar-refractivity contribution < 1.29 is 14.3 Å². The van der Waals surface area contributed by atoms with E-state index in [9.17, 15) is 19.1 Å². The maximum atomic E-state index is 13.8. The molecule has 0 radical (unpaired) electrons. The highest BCUT2D eigenvalue weighted by Gasteiger charge is 2.18. The fourth-order valence-electron chi connectivity index (χ4n) is 3.25. The van der Waals surface area contributed by atoms with Gasteiger partial charge in [0.1, 0.15) is 5.82 Å². The van der Waals surface area contributed by atoms with E-state index in [1.165, 1.54) is 18.2 Å². The van der Waals surface area contributed by atoms with E-state index in [4.69, 9.17) is 0 Å². The summed E-state index contributed by atoms with van der Waals surface area (Å²) in [6.45, 7) is 3.80. The van der Waals surface area contributed by atoms with Crippen LogP contribution in [0.15, 0.2) is 35.1 Å². The molecule has 4 aromatic rings. The van der Waals surface area contributed by atoms with E-state index >= 15 is 0 Å². The van der Waals surface area contributed by atoms with Gasteiger partial charge in [0.05, 0.1) is 22.1 Å². The first-order chi connectivity index (χ1) is 13.4. The van der Waals surface area contributed by atoms with Gasteiger partial charge in [-0.15, -0.1) is 0 Å². The van der Waals surface area contributed by atoms with Gasteiger partial charge in [0.15, 0.2) is 0 Å². The molecule has 2 aromatic heterocycles. The summed E-state index contributed by atoms with van der Waals surface area (Å²) in [5.74, 6) is -0.256. The molecule has 0 aliphatic rings. The second-order valence-electron chi connectivity index (χ2n) is 6.36. The number of carbonyl (C=O) groups is 1. The molecule has 0 saturated carbocycles. The quantitative estimate of drug-likeness (QED) is 0.503. The third kappa shape index (κ3) is 2.77. The van der Waals surface area contributed by atoms with Crippen LogP contribution in [-0.4, -0.2) is 37.9 Å². The number of halogens is 1. The van der Waals surface area contributed by atoms with E-state index < -0.39 is 17.5 Å². The number of benzene rings is 2. The fraction of sp³-hybridized carbons (Fsp3) is 0.158. The molecule has 0 spiro atoms. The standard InChI is InChI=1S/C19H16FN5O3/c1-3-25(19(27)28)18-21-14-6-9(2)12(8-15(14)22-18)16-13-7-10(20)4-5-11(13)17(26)24-23-16/h4-8H,3H2,1-2H3,(H,21,22)(H,24,26)(H,27,28). The molecule has 142 valence electrons. The van der Waals surface area contributed by atoms with Crippen molar-refractivity contribution in [2.24, 2.45) is 0 Å². The Morgan fingerprint density at radius 1 is 1.25 bits per heavy atom. The van der Waals surface area contributed by atoms with Crippen molar-refractivity contribution in [1.29, 1.82) is 0 Å². The van der Waals surface area contributed by atoms with Crippen LogP contribution in [0.3, 0.4) is 0 Å². The molecule has 0 aliphatic carbocycles. The first-order valence-corrected chi connectivity index (χ1v) is 8.58. The molecule has 0 atom stereocenters. The van der Waals surface area contributed by atoms with Gasteiger partial charge in [0, 0.05) is 17.5 Å². The number of aromatic nitrogens is 4. The maximum Gasteiger partial charge on any atom is 0.414 e. The lowest BCUT2D eigenvalue weighted by Gasteiger charge is -2.12. The fourth-order valence-corrected chi connectivity index (χ4v) is 3.25. The number of aromatic amines is 2. The number of H-pyrrole nitrogens is 2. The van der Waals surface area contributed by atoms with Crippen molar-refractivity contribution in [2.75, 3.05) is 11.4 Å². The van der Waals surface area contributed by atoms with Crippen molar-refractivity contribution in [3.63, 3.8) is 0 Å². The summed E-state index contributed by atoms with van der Waals surface area (Å²) in [4.78, 5) is 31.8. The van der Waals surface area contributed by atoms with E-state index in [0.29, 0.717) is 33.1 Å². The van der Waals surface area contributed by atoms with Gasteiger partial charge in [-0.25, -0.2) is 24.2 Å². The minimum Gasteiger partial charge on any atom is -0.465 e. The van der Waals surface area contributed by atoms with Crippen molar-refractivity contribution in [3.05, 3.63) is 52.1 Å². The zero-order chi connectivity index (χ0) is 20.0. The molecule has 0 saturated heterocycles. The smallest absolute Gasteiger partial charge is 0.414 e. The number of fused-ring (bicyclic) bond motifs is 2. The van der Waals surface area contributed by atoms with E-state index in [1.54, 1.807) is 13.0 Å². The van der Waals surface area contributed by atoms with Crippen LogP contribution in [0.25, 0.3) is 33.1 Å². The molecule has 0 bridgehead atoms. The van der Waals surface area contributed by atoms with Crippen molar-refractivity contribution >= 4 is 33.8 Å². The molecule has 0 unspecified atom stereocenters. The summed E-state index contributed by atoms with van der Waals surface area (Å²) in [6, 6.07) is 7.47. The highest BCUT2D eigenvalue weighted by molar-refractivity contribution is 5.97. The molecule has 9 heteroatoms. The van der Waals surface area contributed by atoms with Gasteiger partial charge in [0.25, 0.3) is 5.56 Å². The van der Waals surface area contributed by atoms with Gasteiger partial charge in [-0.3, -0.25) is 4.79 Å². The molecule has 0 aliphatic heterocycles. The number of aryl methyl sites for hydroxylation is 1. The van der Waals surface area contributed by atoms with Gasteiger partial charge in [-0.2, -0.15) is 5.10 Å². The summed E-state index contributed by atoms with van der Waals surface area (Å²) in [5.41, 5.74) is 2.69. The maximum absolute atomic E-state index is 13.8. The molecule has 2 heterocycles. The van der Waals surface area contributed by atoms with Crippen LogP contribution >= 0.6 is 0 Å². The van der Waals surface area contributed by atoms with Crippen LogP contribution in [-0.2, 0) is 0 Å². The number of hydrogen-bond donors (Lipinski definition) is 3. The monoisotopic (exact) mass is 381 g/mol. The Kier molecular flexibility index (Phi) is 4.07. The van der Waals surface area contributed by atoms with Crippen LogP contribution in [0.2, 0.25) is 0 Å². The Bertz CT molecular complexity index is 1290. The summed E-state index contributed by atoms with van der Waals surface area (Å²) in [6.07, 6.45) is -1.11. The van der Waals surface area contributed by atoms with Crippen molar-refractivity contribution in [2.45, 2.75) is 13.8 Å². The normalized spacial score (nSPS) is 11.2. The Hall–Kier alpha value is -3.75. The summed E-state index contributed by atoms with van der Waals surface area (Å²) < 4.78 is 13.8. The lowest BCUT2D eigenvalue weighted by atomic mass is 10.00. The molecular formula is C19H16FN5O3. The van der Waals surface area contributed by atoms with Crippen LogP contribution in [0.5, 0.6) is 0 Å². The zero-order valence-corrected chi connectivity index (χ0v) is 15.1. The van der Waals surface area contributed by atoms with Crippen LogP contribution < -0.4 is 10.5 Å². The van der Waals surface area contributed by atoms with Gasteiger partial charge in [-0.05, 0) is 49.7 Å². The number of rotatable bonds is 3. The third-order valence-corrected chi connectivity index (χ3v) is 4.62. The number of nitrogens with one attached hydrogen (secondary N) is 2. The van der Waals surface area contributed by atoms with E-state index in [1.807, 2.05) is 13.0 Å². The predicted molar refractivity (Wildman–Crippen MR) is 103 cm³/mol. The highest BCUT2D eigenvalue weighted by Crippen LogP contribution is 2.31. The van der Waals surface area contributed by atoms with Crippen LogP contribution in [0, 0.1) is 12.7 Å². The van der Waals surface area contributed by atoms with Crippen LogP contribution in [0.4, 0.5) is 15.1 Å². The lowest BCUT2D eigenvalue weighted by Crippen LogP contribution is -2.29. The molecule has 0 fully saturated rings. The Morgan fingerprint density at radius 2 is 2.04 bits per heavy atom. The second kappa shape index (κ2) is 6.45. The number of hydrogen-bond acceptors (Lipinski definition) is 4.